The van der Waals surface area contributed by atoms with Gasteiger partial charge in [-0.15, -0.1) is 0 Å². The van der Waals surface area contributed by atoms with Crippen LogP contribution in [-0.4, -0.2) is 23.7 Å². The molecule has 164 valence electrons. The first-order chi connectivity index (χ1) is 15.4. The fourth-order valence-electron chi connectivity index (χ4n) is 3.32. The number of amides is 1. The van der Waals surface area contributed by atoms with E-state index in [0.717, 1.165) is 5.56 Å². The van der Waals surface area contributed by atoms with Crippen LogP contribution in [-0.2, 0) is 10.0 Å². The maximum atomic E-state index is 13.1. The third kappa shape index (κ3) is 4.59. The number of carbonyl (C=O) groups is 1. The zero-order valence-electron chi connectivity index (χ0n) is 16.9. The molecule has 7 nitrogen and oxygen atoms in total. The Morgan fingerprint density at radius 3 is 2.69 bits per heavy atom. The summed E-state index contributed by atoms with van der Waals surface area (Å²) < 4.78 is 33.5. The number of hydrogen-bond donors (Lipinski definition) is 2. The predicted octanol–water partition coefficient (Wildman–Crippen LogP) is 5.03. The third-order valence-electron chi connectivity index (χ3n) is 4.89. The van der Waals surface area contributed by atoms with Crippen molar-refractivity contribution in [1.29, 1.82) is 0 Å². The fraction of sp³-hybridized carbons (Fsp3) is 0.136. The lowest BCUT2D eigenvalue weighted by Gasteiger charge is -2.19. The summed E-state index contributed by atoms with van der Waals surface area (Å²) in [6, 6.07) is 15.5. The molecule has 2 aromatic heterocycles. The Bertz CT molecular complexity index is 1370. The van der Waals surface area contributed by atoms with Gasteiger partial charge < -0.3 is 5.32 Å². The summed E-state index contributed by atoms with van der Waals surface area (Å²) in [4.78, 5) is 17.1. The van der Waals surface area contributed by atoms with Crippen molar-refractivity contribution in [3.8, 4) is 0 Å². The van der Waals surface area contributed by atoms with Crippen LogP contribution in [0, 0.1) is 0 Å². The van der Waals surface area contributed by atoms with Crippen molar-refractivity contribution in [1.82, 2.24) is 14.7 Å². The van der Waals surface area contributed by atoms with Crippen LogP contribution in [0.3, 0.4) is 0 Å². The summed E-state index contributed by atoms with van der Waals surface area (Å²) in [7, 11) is -4.10. The van der Waals surface area contributed by atoms with Crippen molar-refractivity contribution in [2.24, 2.45) is 0 Å². The van der Waals surface area contributed by atoms with Gasteiger partial charge in [0.05, 0.1) is 33.6 Å². The summed E-state index contributed by atoms with van der Waals surface area (Å²) in [6.07, 6.45) is 3.53. The Labute approximate surface area is 194 Å². The van der Waals surface area contributed by atoms with Gasteiger partial charge in [-0.05, 0) is 47.8 Å². The summed E-state index contributed by atoms with van der Waals surface area (Å²) in [5, 5.41) is 3.51. The second-order valence-electron chi connectivity index (χ2n) is 6.99. The molecule has 4 aromatic rings. The van der Waals surface area contributed by atoms with Gasteiger partial charge >= 0.3 is 0 Å². The van der Waals surface area contributed by atoms with E-state index >= 15 is 0 Å². The van der Waals surface area contributed by atoms with E-state index in [9.17, 15) is 13.2 Å². The van der Waals surface area contributed by atoms with Gasteiger partial charge in [-0.2, -0.15) is 12.8 Å². The number of pyridine rings is 1. The van der Waals surface area contributed by atoms with Crippen LogP contribution >= 0.6 is 23.1 Å². The van der Waals surface area contributed by atoms with Crippen molar-refractivity contribution in [2.75, 3.05) is 4.72 Å². The maximum absolute atomic E-state index is 13.1. The first kappa shape index (κ1) is 22.2. The number of halogens is 1. The standard InChI is InChI=1S/C22H19ClN4O3S2/c1-2-18(14-6-4-3-5-7-14)26-21(28)16-9-8-15(23)12-19(16)27-32(29,30)22-17-13-25-31-20(17)10-11-24-22/h3-13,18,27H,2H2,1H3,(H,26,28). The van der Waals surface area contributed by atoms with Crippen molar-refractivity contribution < 1.29 is 13.2 Å². The highest BCUT2D eigenvalue weighted by atomic mass is 35.5. The molecular weight excluding hydrogens is 468 g/mol. The quantitative estimate of drug-likeness (QED) is 0.381. The van der Waals surface area contributed by atoms with E-state index in [1.54, 1.807) is 12.1 Å². The molecule has 0 aliphatic heterocycles. The number of rotatable bonds is 7. The number of sulfonamides is 1. The van der Waals surface area contributed by atoms with Gasteiger partial charge in [-0.3, -0.25) is 9.52 Å². The number of aromatic nitrogens is 2. The van der Waals surface area contributed by atoms with Crippen LogP contribution < -0.4 is 10.0 Å². The van der Waals surface area contributed by atoms with E-state index in [2.05, 4.69) is 19.4 Å². The van der Waals surface area contributed by atoms with Crippen LogP contribution in [0.1, 0.15) is 35.3 Å². The summed E-state index contributed by atoms with van der Waals surface area (Å²) in [5.41, 5.74) is 1.18. The monoisotopic (exact) mass is 486 g/mol. The summed E-state index contributed by atoms with van der Waals surface area (Å²) in [5.74, 6) is -0.418. The van der Waals surface area contributed by atoms with Gasteiger partial charge in [-0.25, -0.2) is 4.98 Å². The minimum atomic E-state index is -4.10. The third-order valence-corrected chi connectivity index (χ3v) is 7.21. The smallest absolute Gasteiger partial charge is 0.280 e. The number of carbonyl (C=O) groups excluding carboxylic acids is 1. The molecule has 0 aliphatic rings. The number of fused-ring (bicyclic) bond motifs is 1. The van der Waals surface area contributed by atoms with Crippen molar-refractivity contribution in [2.45, 2.75) is 24.4 Å². The predicted molar refractivity (Wildman–Crippen MR) is 127 cm³/mol. The van der Waals surface area contributed by atoms with Gasteiger partial charge in [0.25, 0.3) is 15.9 Å². The van der Waals surface area contributed by atoms with Crippen LogP contribution in [0.4, 0.5) is 5.69 Å². The molecule has 2 heterocycles. The largest absolute Gasteiger partial charge is 0.345 e. The highest BCUT2D eigenvalue weighted by Crippen LogP contribution is 2.28. The van der Waals surface area contributed by atoms with Gasteiger partial charge in [0.1, 0.15) is 0 Å². The maximum Gasteiger partial charge on any atom is 0.280 e. The molecule has 4 rings (SSSR count). The summed E-state index contributed by atoms with van der Waals surface area (Å²) in [6.45, 7) is 1.96. The van der Waals surface area contributed by atoms with E-state index in [1.165, 1.54) is 36.1 Å². The molecule has 2 N–H and O–H groups in total. The van der Waals surface area contributed by atoms with E-state index in [4.69, 9.17) is 11.6 Å². The van der Waals surface area contributed by atoms with E-state index < -0.39 is 15.9 Å². The number of anilines is 1. The highest BCUT2D eigenvalue weighted by Gasteiger charge is 2.24. The Morgan fingerprint density at radius 1 is 1.16 bits per heavy atom. The first-order valence-corrected chi connectivity index (χ1v) is 12.4. The van der Waals surface area contributed by atoms with Gasteiger partial charge in [0.2, 0.25) is 0 Å². The van der Waals surface area contributed by atoms with Crippen LogP contribution in [0.15, 0.2) is 72.0 Å². The van der Waals surface area contributed by atoms with E-state index in [0.29, 0.717) is 16.5 Å². The van der Waals surface area contributed by atoms with Crippen LogP contribution in [0.5, 0.6) is 0 Å². The van der Waals surface area contributed by atoms with Crippen LogP contribution in [0.2, 0.25) is 5.02 Å². The molecule has 0 aliphatic carbocycles. The zero-order valence-corrected chi connectivity index (χ0v) is 19.3. The Kier molecular flexibility index (Phi) is 6.40. The minimum Gasteiger partial charge on any atom is -0.345 e. The average molecular weight is 487 g/mol. The minimum absolute atomic E-state index is 0.0694. The molecule has 32 heavy (non-hydrogen) atoms. The van der Waals surface area contributed by atoms with Gasteiger partial charge in [0, 0.05) is 11.2 Å². The highest BCUT2D eigenvalue weighted by molar-refractivity contribution is 7.92. The molecule has 10 heteroatoms. The zero-order chi connectivity index (χ0) is 22.7. The molecule has 0 spiro atoms. The van der Waals surface area contributed by atoms with Crippen molar-refractivity contribution in [3.05, 3.63) is 83.1 Å². The molecule has 0 bridgehead atoms. The lowest BCUT2D eigenvalue weighted by Crippen LogP contribution is -2.29. The Balaban J connectivity index is 1.66. The molecule has 0 radical (unpaired) electrons. The van der Waals surface area contributed by atoms with Gasteiger partial charge in [-0.1, -0.05) is 48.9 Å². The van der Waals surface area contributed by atoms with Crippen molar-refractivity contribution in [3.63, 3.8) is 0 Å². The molecule has 0 saturated carbocycles. The first-order valence-electron chi connectivity index (χ1n) is 9.76. The molecule has 1 unspecified atom stereocenters. The number of benzene rings is 2. The topological polar surface area (TPSA) is 101 Å². The van der Waals surface area contributed by atoms with Gasteiger partial charge in [0.15, 0.2) is 5.03 Å². The average Bonchev–Trinajstić information content (AvgIpc) is 3.26. The lowest BCUT2D eigenvalue weighted by atomic mass is 10.0. The number of hydrogen-bond acceptors (Lipinski definition) is 6. The molecule has 1 atom stereocenters. The molecular formula is C22H19ClN4O3S2. The Morgan fingerprint density at radius 2 is 1.94 bits per heavy atom. The SMILES string of the molecule is CCC(NC(=O)c1ccc(Cl)cc1NS(=O)(=O)c1nccc2sncc12)c1ccccc1. The number of nitrogens with one attached hydrogen (secondary N) is 2. The number of nitrogens with zero attached hydrogens (tertiary/aromatic N) is 2. The second kappa shape index (κ2) is 9.23. The molecule has 1 amide bonds. The Hall–Kier alpha value is -3.01. The molecule has 2 aromatic carbocycles. The molecule has 0 saturated heterocycles. The van der Waals surface area contributed by atoms with E-state index in [1.807, 2.05) is 37.3 Å². The second-order valence-corrected chi connectivity index (χ2v) is 9.86. The summed E-state index contributed by atoms with van der Waals surface area (Å²) >= 11 is 7.29. The fourth-order valence-corrected chi connectivity index (χ4v) is 5.40. The molecule has 0 fully saturated rings. The lowest BCUT2D eigenvalue weighted by molar-refractivity contribution is 0.0936. The normalized spacial score (nSPS) is 12.4. The van der Waals surface area contributed by atoms with Crippen LogP contribution in [0.25, 0.3) is 10.1 Å². The van der Waals surface area contributed by atoms with Crippen molar-refractivity contribution >= 4 is 54.8 Å². The van der Waals surface area contributed by atoms with E-state index in [-0.39, 0.29) is 27.3 Å².